The summed E-state index contributed by atoms with van der Waals surface area (Å²) in [5, 5.41) is 14.7. The molecule has 3 unspecified atom stereocenters. The number of rotatable bonds is 8. The average molecular weight is 465 g/mol. The number of carboxylic acids is 1. The van der Waals surface area contributed by atoms with Gasteiger partial charge in [0, 0.05) is 25.0 Å². The standard InChI is InChI=1S/C26H28N2O6/c29-24(28-22(25(30)31)15-9-10-15)23-16(11-12-33-23)13-27-26(32)34-14-21-19-7-3-1-5-17(19)18-6-2-4-8-20(18)21/h1-8,15-16,21-23H,9-14H2,(H,27,32)(H,28,29)(H,30,31). The van der Waals surface area contributed by atoms with E-state index in [1.165, 1.54) is 0 Å². The maximum Gasteiger partial charge on any atom is 0.407 e. The van der Waals surface area contributed by atoms with Crippen molar-refractivity contribution >= 4 is 18.0 Å². The van der Waals surface area contributed by atoms with Crippen molar-refractivity contribution in [3.8, 4) is 11.1 Å². The molecule has 34 heavy (non-hydrogen) atoms. The molecule has 1 aliphatic heterocycles. The summed E-state index contributed by atoms with van der Waals surface area (Å²) in [4.78, 5) is 36.5. The fourth-order valence-corrected chi connectivity index (χ4v) is 5.04. The molecule has 2 aromatic rings. The molecule has 3 N–H and O–H groups in total. The number of carbonyl (C=O) groups excluding carboxylic acids is 2. The van der Waals surface area contributed by atoms with E-state index in [2.05, 4.69) is 34.9 Å². The van der Waals surface area contributed by atoms with Crippen molar-refractivity contribution in [2.24, 2.45) is 11.8 Å². The molecule has 3 atom stereocenters. The maximum absolute atomic E-state index is 12.6. The van der Waals surface area contributed by atoms with Crippen molar-refractivity contribution in [3.05, 3.63) is 59.7 Å². The Labute approximate surface area is 197 Å². The fourth-order valence-electron chi connectivity index (χ4n) is 5.04. The Hall–Kier alpha value is -3.39. The van der Waals surface area contributed by atoms with Crippen molar-refractivity contribution in [1.29, 1.82) is 0 Å². The van der Waals surface area contributed by atoms with Crippen LogP contribution in [0.2, 0.25) is 0 Å². The number of carboxylic acid groups (broad SMARTS) is 1. The lowest BCUT2D eigenvalue weighted by molar-refractivity contribution is -0.144. The van der Waals surface area contributed by atoms with Crippen LogP contribution in [0.4, 0.5) is 4.79 Å². The van der Waals surface area contributed by atoms with Gasteiger partial charge in [0.1, 0.15) is 18.8 Å². The van der Waals surface area contributed by atoms with E-state index >= 15 is 0 Å². The number of fused-ring (bicyclic) bond motifs is 3. The first-order valence-electron chi connectivity index (χ1n) is 11.8. The first kappa shape index (κ1) is 22.4. The molecular formula is C26H28N2O6. The van der Waals surface area contributed by atoms with E-state index in [1.807, 2.05) is 24.3 Å². The number of hydrogen-bond donors (Lipinski definition) is 3. The van der Waals surface area contributed by atoms with Gasteiger partial charge in [-0.15, -0.1) is 0 Å². The summed E-state index contributed by atoms with van der Waals surface area (Å²) in [5.74, 6) is -1.74. The Bertz CT molecular complexity index is 1050. The Balaban J connectivity index is 1.14. The van der Waals surface area contributed by atoms with Crippen LogP contribution in [0.15, 0.2) is 48.5 Å². The predicted octanol–water partition coefficient (Wildman–Crippen LogP) is 2.91. The SMILES string of the molecule is O=C(NCC1CCOC1C(=O)NC(C(=O)O)C1CC1)OCC1c2ccccc2-c2ccccc21. The normalized spacial score (nSPS) is 21.9. The topological polar surface area (TPSA) is 114 Å². The third-order valence-corrected chi connectivity index (χ3v) is 6.98. The zero-order chi connectivity index (χ0) is 23.7. The molecule has 2 aromatic carbocycles. The van der Waals surface area contributed by atoms with Crippen LogP contribution in [0.1, 0.15) is 36.3 Å². The number of benzene rings is 2. The van der Waals surface area contributed by atoms with Gasteiger partial charge < -0.3 is 25.2 Å². The minimum atomic E-state index is -1.03. The highest BCUT2D eigenvalue weighted by molar-refractivity contribution is 5.87. The molecule has 5 rings (SSSR count). The first-order valence-corrected chi connectivity index (χ1v) is 11.8. The molecule has 2 fully saturated rings. The van der Waals surface area contributed by atoms with Gasteiger partial charge in [0.25, 0.3) is 0 Å². The lowest BCUT2D eigenvalue weighted by Crippen LogP contribution is -2.49. The highest BCUT2D eigenvalue weighted by atomic mass is 16.5. The number of nitrogens with one attached hydrogen (secondary N) is 2. The second-order valence-corrected chi connectivity index (χ2v) is 9.21. The Morgan fingerprint density at radius 2 is 1.65 bits per heavy atom. The molecule has 2 amide bonds. The number of ether oxygens (including phenoxy) is 2. The van der Waals surface area contributed by atoms with Crippen LogP contribution in [0.5, 0.6) is 0 Å². The highest BCUT2D eigenvalue weighted by Crippen LogP contribution is 2.44. The van der Waals surface area contributed by atoms with Gasteiger partial charge in [-0.2, -0.15) is 0 Å². The Morgan fingerprint density at radius 1 is 1.00 bits per heavy atom. The van der Waals surface area contributed by atoms with E-state index in [-0.39, 0.29) is 30.9 Å². The van der Waals surface area contributed by atoms with Crippen molar-refractivity contribution in [3.63, 3.8) is 0 Å². The third kappa shape index (κ3) is 4.50. The summed E-state index contributed by atoms with van der Waals surface area (Å²) in [5.41, 5.74) is 4.60. The second kappa shape index (κ2) is 9.46. The van der Waals surface area contributed by atoms with Gasteiger partial charge in [-0.3, -0.25) is 4.79 Å². The predicted molar refractivity (Wildman–Crippen MR) is 123 cm³/mol. The molecule has 178 valence electrons. The Morgan fingerprint density at radius 3 is 2.26 bits per heavy atom. The van der Waals surface area contributed by atoms with E-state index in [0.29, 0.717) is 13.0 Å². The van der Waals surface area contributed by atoms with E-state index < -0.39 is 30.1 Å². The molecule has 1 heterocycles. The molecule has 1 saturated carbocycles. The molecular weight excluding hydrogens is 436 g/mol. The van der Waals surface area contributed by atoms with E-state index in [4.69, 9.17) is 9.47 Å². The monoisotopic (exact) mass is 464 g/mol. The van der Waals surface area contributed by atoms with Crippen LogP contribution in [0, 0.1) is 11.8 Å². The molecule has 2 aliphatic carbocycles. The minimum Gasteiger partial charge on any atom is -0.480 e. The smallest absolute Gasteiger partial charge is 0.407 e. The third-order valence-electron chi connectivity index (χ3n) is 6.98. The molecule has 0 spiro atoms. The first-order chi connectivity index (χ1) is 16.5. The number of carbonyl (C=O) groups is 3. The number of aliphatic carboxylic acids is 1. The van der Waals surface area contributed by atoms with E-state index in [9.17, 15) is 19.5 Å². The molecule has 3 aliphatic rings. The summed E-state index contributed by atoms with van der Waals surface area (Å²) < 4.78 is 11.1. The number of amides is 2. The van der Waals surface area contributed by atoms with Crippen LogP contribution in [0.25, 0.3) is 11.1 Å². The summed E-state index contributed by atoms with van der Waals surface area (Å²) in [7, 11) is 0. The number of alkyl carbamates (subject to hydrolysis) is 1. The van der Waals surface area contributed by atoms with E-state index in [1.54, 1.807) is 0 Å². The molecule has 8 heteroatoms. The van der Waals surface area contributed by atoms with Gasteiger partial charge in [0.15, 0.2) is 0 Å². The molecule has 0 radical (unpaired) electrons. The lowest BCUT2D eigenvalue weighted by Gasteiger charge is -2.21. The van der Waals surface area contributed by atoms with Crippen LogP contribution in [-0.2, 0) is 19.1 Å². The molecule has 1 saturated heterocycles. The minimum absolute atomic E-state index is 0.0137. The maximum atomic E-state index is 12.6. The van der Waals surface area contributed by atoms with Crippen molar-refractivity contribution < 1.29 is 29.0 Å². The van der Waals surface area contributed by atoms with E-state index in [0.717, 1.165) is 35.1 Å². The van der Waals surface area contributed by atoms with Gasteiger partial charge in [-0.1, -0.05) is 48.5 Å². The van der Waals surface area contributed by atoms with Gasteiger partial charge in [0.2, 0.25) is 5.91 Å². The van der Waals surface area contributed by atoms with Gasteiger partial charge >= 0.3 is 12.1 Å². The largest absolute Gasteiger partial charge is 0.480 e. The zero-order valence-corrected chi connectivity index (χ0v) is 18.7. The lowest BCUT2D eigenvalue weighted by atomic mass is 9.98. The molecule has 0 bridgehead atoms. The van der Waals surface area contributed by atoms with Gasteiger partial charge in [-0.05, 0) is 47.4 Å². The van der Waals surface area contributed by atoms with Crippen molar-refractivity contribution in [1.82, 2.24) is 10.6 Å². The summed E-state index contributed by atoms with van der Waals surface area (Å²) in [6.07, 6.45) is 0.873. The summed E-state index contributed by atoms with van der Waals surface area (Å²) in [6, 6.07) is 15.4. The highest BCUT2D eigenvalue weighted by Gasteiger charge is 2.41. The summed E-state index contributed by atoms with van der Waals surface area (Å²) >= 11 is 0. The van der Waals surface area contributed by atoms with Gasteiger partial charge in [-0.25, -0.2) is 9.59 Å². The van der Waals surface area contributed by atoms with Crippen molar-refractivity contribution in [2.75, 3.05) is 19.8 Å². The van der Waals surface area contributed by atoms with Crippen LogP contribution >= 0.6 is 0 Å². The van der Waals surface area contributed by atoms with Gasteiger partial charge in [0.05, 0.1) is 0 Å². The fraction of sp³-hybridized carbons (Fsp3) is 0.423. The quantitative estimate of drug-likeness (QED) is 0.554. The zero-order valence-electron chi connectivity index (χ0n) is 18.7. The number of hydrogen-bond acceptors (Lipinski definition) is 5. The summed E-state index contributed by atoms with van der Waals surface area (Å²) in [6.45, 7) is 0.818. The van der Waals surface area contributed by atoms with Crippen molar-refractivity contribution in [2.45, 2.75) is 37.3 Å². The Kier molecular flexibility index (Phi) is 6.24. The molecule has 8 nitrogen and oxygen atoms in total. The van der Waals surface area contributed by atoms with Crippen LogP contribution in [-0.4, -0.2) is 55.0 Å². The van der Waals surface area contributed by atoms with Crippen LogP contribution < -0.4 is 10.6 Å². The molecule has 0 aromatic heterocycles. The second-order valence-electron chi connectivity index (χ2n) is 9.21. The average Bonchev–Trinajstić information content (AvgIpc) is 3.48. The van der Waals surface area contributed by atoms with Crippen LogP contribution in [0.3, 0.4) is 0 Å².